The number of carbonyl (C=O) groups excluding carboxylic acids is 3. The van der Waals surface area contributed by atoms with Crippen LogP contribution in [0.25, 0.3) is 0 Å². The predicted molar refractivity (Wildman–Crippen MR) is 288 cm³/mol. The third kappa shape index (κ3) is 52.9. The van der Waals surface area contributed by atoms with E-state index in [9.17, 15) is 14.4 Å². The summed E-state index contributed by atoms with van der Waals surface area (Å²) in [7, 11) is 0. The molecule has 6 nitrogen and oxygen atoms in total. The molecule has 0 rings (SSSR count). The molecule has 0 aromatic carbocycles. The summed E-state index contributed by atoms with van der Waals surface area (Å²) in [6.45, 7) is 6.31. The first-order chi connectivity index (χ1) is 33.0. The predicted octanol–water partition coefficient (Wildman–Crippen LogP) is 18.3. The highest BCUT2D eigenvalue weighted by Gasteiger charge is 2.19. The van der Waals surface area contributed by atoms with Gasteiger partial charge in [-0.15, -0.1) is 0 Å². The fourth-order valence-corrected chi connectivity index (χ4v) is 7.25. The van der Waals surface area contributed by atoms with Crippen molar-refractivity contribution in [1.82, 2.24) is 0 Å². The van der Waals surface area contributed by atoms with Crippen molar-refractivity contribution in [3.63, 3.8) is 0 Å². The van der Waals surface area contributed by atoms with E-state index in [1.165, 1.54) is 96.3 Å². The van der Waals surface area contributed by atoms with E-state index in [1.54, 1.807) is 0 Å². The van der Waals surface area contributed by atoms with Crippen LogP contribution in [0.15, 0.2) is 109 Å². The third-order valence-corrected chi connectivity index (χ3v) is 11.3. The van der Waals surface area contributed by atoms with Gasteiger partial charge in [0, 0.05) is 19.3 Å². The smallest absolute Gasteiger partial charge is 0.306 e. The average Bonchev–Trinajstić information content (AvgIpc) is 3.33. The molecular weight excluding hydrogens is 829 g/mol. The molecular formula is C61H100O6. The van der Waals surface area contributed by atoms with Crippen molar-refractivity contribution in [2.24, 2.45) is 0 Å². The molecule has 0 aliphatic heterocycles. The van der Waals surface area contributed by atoms with Crippen LogP contribution in [0.5, 0.6) is 0 Å². The molecule has 0 amide bonds. The molecule has 67 heavy (non-hydrogen) atoms. The second-order valence-electron chi connectivity index (χ2n) is 17.8. The third-order valence-electron chi connectivity index (χ3n) is 11.3. The van der Waals surface area contributed by atoms with Gasteiger partial charge in [-0.3, -0.25) is 14.4 Å². The minimum atomic E-state index is -0.828. The highest BCUT2D eigenvalue weighted by molar-refractivity contribution is 5.71. The number of carbonyl (C=O) groups is 3. The van der Waals surface area contributed by atoms with Crippen LogP contribution in [0.2, 0.25) is 0 Å². The van der Waals surface area contributed by atoms with Gasteiger partial charge >= 0.3 is 17.9 Å². The van der Waals surface area contributed by atoms with E-state index >= 15 is 0 Å². The molecule has 0 fully saturated rings. The summed E-state index contributed by atoms with van der Waals surface area (Å²) in [5.74, 6) is -1.02. The fraction of sp³-hybridized carbons (Fsp3) is 0.656. The van der Waals surface area contributed by atoms with Gasteiger partial charge in [0.25, 0.3) is 0 Å². The lowest BCUT2D eigenvalue weighted by Crippen LogP contribution is -2.30. The van der Waals surface area contributed by atoms with Crippen LogP contribution in [0.1, 0.15) is 239 Å². The summed E-state index contributed by atoms with van der Waals surface area (Å²) in [5, 5.41) is 0. The van der Waals surface area contributed by atoms with Crippen LogP contribution in [-0.2, 0) is 28.6 Å². The molecule has 1 atom stereocenters. The first-order valence-corrected chi connectivity index (χ1v) is 27.4. The maximum Gasteiger partial charge on any atom is 0.306 e. The molecule has 6 heteroatoms. The van der Waals surface area contributed by atoms with Gasteiger partial charge in [-0.2, -0.15) is 0 Å². The molecule has 0 aliphatic rings. The number of esters is 3. The van der Waals surface area contributed by atoms with E-state index in [-0.39, 0.29) is 31.6 Å². The molecule has 0 saturated heterocycles. The topological polar surface area (TPSA) is 78.9 Å². The van der Waals surface area contributed by atoms with Crippen molar-refractivity contribution < 1.29 is 28.6 Å². The Balaban J connectivity index is 4.51. The normalized spacial score (nSPS) is 12.9. The number of allylic oxidation sites excluding steroid dienone is 18. The second kappa shape index (κ2) is 54.7. The molecule has 0 N–H and O–H groups in total. The number of hydrogen-bond acceptors (Lipinski definition) is 6. The summed E-state index contributed by atoms with van der Waals surface area (Å²) < 4.78 is 16.7. The highest BCUT2D eigenvalue weighted by atomic mass is 16.6. The van der Waals surface area contributed by atoms with E-state index < -0.39 is 12.1 Å². The summed E-state index contributed by atoms with van der Waals surface area (Å²) in [4.78, 5) is 38.1. The van der Waals surface area contributed by atoms with Gasteiger partial charge < -0.3 is 14.2 Å². The van der Waals surface area contributed by atoms with E-state index in [4.69, 9.17) is 14.2 Å². The van der Waals surface area contributed by atoms with Gasteiger partial charge in [0.05, 0.1) is 0 Å². The lowest BCUT2D eigenvalue weighted by atomic mass is 10.1. The van der Waals surface area contributed by atoms with Crippen molar-refractivity contribution in [2.45, 2.75) is 245 Å². The molecule has 0 saturated carbocycles. The Bertz CT molecular complexity index is 1390. The van der Waals surface area contributed by atoms with Gasteiger partial charge in [-0.25, -0.2) is 0 Å². The number of hydrogen-bond donors (Lipinski definition) is 0. The van der Waals surface area contributed by atoms with Crippen LogP contribution < -0.4 is 0 Å². The summed E-state index contributed by atoms with van der Waals surface area (Å²) >= 11 is 0. The summed E-state index contributed by atoms with van der Waals surface area (Å²) in [5.41, 5.74) is 0. The van der Waals surface area contributed by atoms with Gasteiger partial charge in [-0.05, 0) is 96.3 Å². The standard InChI is InChI=1S/C61H100O6/c1-4-7-10-13-16-19-22-25-28-30-31-34-36-39-42-45-48-51-54-60(63)66-57-58(56-65-59(62)53-50-47-44-41-38-35-32-27-24-21-18-15-12-9-6-3)67-61(64)55-52-49-46-43-40-37-33-29-26-23-20-17-14-11-8-5-2/h8-9,11-12,15,17-18,20-21,24,26,29,31,34,37,40,46,49,58H,4-7,10,13-14,16,19,22-23,25,27-28,30,32-33,35-36,38-39,41-45,47-48,50-57H2,1-3H3/b11-8-,12-9-,18-15-,20-17-,24-21-,29-26-,34-31-,40-37-,49-46-. The molecule has 0 heterocycles. The molecule has 380 valence electrons. The van der Waals surface area contributed by atoms with Gasteiger partial charge in [0.15, 0.2) is 6.10 Å². The first kappa shape index (κ1) is 63.1. The van der Waals surface area contributed by atoms with E-state index in [1.807, 2.05) is 12.2 Å². The lowest BCUT2D eigenvalue weighted by Gasteiger charge is -2.18. The Morgan fingerprint density at radius 3 is 1.13 bits per heavy atom. The maximum absolute atomic E-state index is 12.8. The monoisotopic (exact) mass is 929 g/mol. The Labute approximate surface area is 412 Å². The van der Waals surface area contributed by atoms with Crippen molar-refractivity contribution >= 4 is 17.9 Å². The zero-order valence-electron chi connectivity index (χ0n) is 43.4. The number of ether oxygens (including phenoxy) is 3. The molecule has 0 spiro atoms. The minimum Gasteiger partial charge on any atom is -0.462 e. The lowest BCUT2D eigenvalue weighted by molar-refractivity contribution is -0.166. The SMILES string of the molecule is CC\C=C/C=C\C=C/CCCCCCCCCC(=O)OCC(COC(=O)CCCCCCC/C=C\CCCCCCCCCCC)OC(=O)CC/C=C\C/C=C\C/C=C\C/C=C\C/C=C\CC. The maximum atomic E-state index is 12.8. The van der Waals surface area contributed by atoms with E-state index in [0.29, 0.717) is 19.3 Å². The zero-order valence-corrected chi connectivity index (χ0v) is 43.4. The number of rotatable bonds is 48. The van der Waals surface area contributed by atoms with Crippen LogP contribution in [-0.4, -0.2) is 37.2 Å². The van der Waals surface area contributed by atoms with Crippen molar-refractivity contribution in [1.29, 1.82) is 0 Å². The minimum absolute atomic E-state index is 0.117. The van der Waals surface area contributed by atoms with E-state index in [2.05, 4.69) is 118 Å². The van der Waals surface area contributed by atoms with Crippen LogP contribution in [0.4, 0.5) is 0 Å². The second-order valence-corrected chi connectivity index (χ2v) is 17.8. The number of unbranched alkanes of at least 4 members (excludes halogenated alkanes) is 21. The van der Waals surface area contributed by atoms with Crippen molar-refractivity contribution in [3.8, 4) is 0 Å². The Hall–Kier alpha value is -3.93. The average molecular weight is 929 g/mol. The quantitative estimate of drug-likeness (QED) is 0.0199. The summed E-state index contributed by atoms with van der Waals surface area (Å²) in [6.07, 6.45) is 73.7. The molecule has 1 unspecified atom stereocenters. The summed E-state index contributed by atoms with van der Waals surface area (Å²) in [6, 6.07) is 0. The first-order valence-electron chi connectivity index (χ1n) is 27.4. The van der Waals surface area contributed by atoms with Crippen LogP contribution >= 0.6 is 0 Å². The molecule has 0 bridgehead atoms. The fourth-order valence-electron chi connectivity index (χ4n) is 7.25. The van der Waals surface area contributed by atoms with Gasteiger partial charge in [-0.1, -0.05) is 233 Å². The molecule has 0 aliphatic carbocycles. The molecule has 0 aromatic rings. The van der Waals surface area contributed by atoms with E-state index in [0.717, 1.165) is 96.3 Å². The Morgan fingerprint density at radius 2 is 0.687 bits per heavy atom. The van der Waals surface area contributed by atoms with Crippen LogP contribution in [0.3, 0.4) is 0 Å². The molecule has 0 aromatic heterocycles. The highest BCUT2D eigenvalue weighted by Crippen LogP contribution is 2.14. The van der Waals surface area contributed by atoms with Gasteiger partial charge in [0.2, 0.25) is 0 Å². The Morgan fingerprint density at radius 1 is 0.328 bits per heavy atom. The van der Waals surface area contributed by atoms with Crippen molar-refractivity contribution in [2.75, 3.05) is 13.2 Å². The zero-order chi connectivity index (χ0) is 48.6. The Kier molecular flexibility index (Phi) is 51.5. The van der Waals surface area contributed by atoms with Crippen molar-refractivity contribution in [3.05, 3.63) is 109 Å². The molecule has 0 radical (unpaired) electrons. The van der Waals surface area contributed by atoms with Crippen LogP contribution in [0, 0.1) is 0 Å². The largest absolute Gasteiger partial charge is 0.462 e. The van der Waals surface area contributed by atoms with Gasteiger partial charge in [0.1, 0.15) is 13.2 Å².